The van der Waals surface area contributed by atoms with E-state index >= 15 is 0 Å². The van der Waals surface area contributed by atoms with E-state index in [2.05, 4.69) is 10.6 Å². The van der Waals surface area contributed by atoms with Gasteiger partial charge in [-0.2, -0.15) is 0 Å². The molecule has 0 fully saturated rings. The molecule has 0 unspecified atom stereocenters. The van der Waals surface area contributed by atoms with E-state index in [1.54, 1.807) is 55.5 Å². The first-order chi connectivity index (χ1) is 12.0. The summed E-state index contributed by atoms with van der Waals surface area (Å²) in [6.45, 7) is 3.03. The number of carbonyl (C=O) groups is 3. The fraction of sp³-hybridized carbons (Fsp3) is 0.105. The highest BCUT2D eigenvalue weighted by Crippen LogP contribution is 2.22. The Balaban J connectivity index is 2.18. The van der Waals surface area contributed by atoms with Crippen molar-refractivity contribution in [2.24, 2.45) is 0 Å². The largest absolute Gasteiger partial charge is 0.427 e. The molecule has 128 valence electrons. The molecule has 25 heavy (non-hydrogen) atoms. The Hall–Kier alpha value is -3.41. The highest BCUT2D eigenvalue weighted by atomic mass is 16.5. The normalized spacial score (nSPS) is 10.3. The molecule has 0 spiro atoms. The third kappa shape index (κ3) is 5.31. The van der Waals surface area contributed by atoms with Crippen LogP contribution in [0.15, 0.2) is 60.7 Å². The Morgan fingerprint density at radius 2 is 1.64 bits per heavy atom. The summed E-state index contributed by atoms with van der Waals surface area (Å²) in [6, 6.07) is 13.1. The number of nitrogens with one attached hydrogen (secondary N) is 2. The number of ether oxygens (including phenoxy) is 1. The van der Waals surface area contributed by atoms with Crippen molar-refractivity contribution in [1.29, 1.82) is 0 Å². The molecule has 2 aromatic carbocycles. The maximum Gasteiger partial charge on any atom is 0.308 e. The molecular formula is C19H18N2O4. The maximum absolute atomic E-state index is 12.4. The molecule has 0 radical (unpaired) electrons. The van der Waals surface area contributed by atoms with Crippen molar-refractivity contribution in [1.82, 2.24) is 0 Å². The first kappa shape index (κ1) is 17.9. The minimum Gasteiger partial charge on any atom is -0.427 e. The first-order valence-electron chi connectivity index (χ1n) is 7.62. The summed E-state index contributed by atoms with van der Waals surface area (Å²) in [5.41, 5.74) is 1.27. The Kier molecular flexibility index (Phi) is 6.06. The smallest absolute Gasteiger partial charge is 0.308 e. The van der Waals surface area contributed by atoms with Crippen LogP contribution in [0.2, 0.25) is 0 Å². The maximum atomic E-state index is 12.4. The van der Waals surface area contributed by atoms with E-state index in [1.165, 1.54) is 19.1 Å². The van der Waals surface area contributed by atoms with E-state index in [-0.39, 0.29) is 17.6 Å². The van der Waals surface area contributed by atoms with E-state index in [9.17, 15) is 14.4 Å². The predicted molar refractivity (Wildman–Crippen MR) is 95.6 cm³/mol. The Morgan fingerprint density at radius 3 is 2.28 bits per heavy atom. The molecule has 0 saturated heterocycles. The molecule has 2 amide bonds. The number of rotatable bonds is 5. The van der Waals surface area contributed by atoms with Crippen LogP contribution in [-0.2, 0) is 9.59 Å². The van der Waals surface area contributed by atoms with E-state index in [1.807, 2.05) is 0 Å². The fourth-order valence-electron chi connectivity index (χ4n) is 2.09. The third-order valence-corrected chi connectivity index (χ3v) is 3.11. The molecule has 0 heterocycles. The summed E-state index contributed by atoms with van der Waals surface area (Å²) < 4.78 is 4.97. The van der Waals surface area contributed by atoms with Gasteiger partial charge < -0.3 is 15.4 Å². The number of allylic oxidation sites excluding steroid dienone is 1. The monoisotopic (exact) mass is 338 g/mol. The van der Waals surface area contributed by atoms with Crippen molar-refractivity contribution in [3.05, 3.63) is 66.2 Å². The number of hydrogen-bond acceptors (Lipinski definition) is 4. The zero-order valence-corrected chi connectivity index (χ0v) is 13.9. The highest BCUT2D eigenvalue weighted by molar-refractivity contribution is 6.08. The van der Waals surface area contributed by atoms with Crippen LogP contribution >= 0.6 is 0 Å². The number of para-hydroxylation sites is 2. The average molecular weight is 338 g/mol. The van der Waals surface area contributed by atoms with E-state index in [0.29, 0.717) is 16.9 Å². The Morgan fingerprint density at radius 1 is 0.960 bits per heavy atom. The van der Waals surface area contributed by atoms with Crippen molar-refractivity contribution in [3.8, 4) is 5.75 Å². The lowest BCUT2D eigenvalue weighted by atomic mass is 10.2. The van der Waals surface area contributed by atoms with Gasteiger partial charge in [-0.15, -0.1) is 0 Å². The number of anilines is 2. The lowest BCUT2D eigenvalue weighted by molar-refractivity contribution is -0.131. The van der Waals surface area contributed by atoms with Crippen molar-refractivity contribution < 1.29 is 19.1 Å². The number of hydrogen-bond donors (Lipinski definition) is 2. The van der Waals surface area contributed by atoms with Gasteiger partial charge in [-0.05, 0) is 43.3 Å². The predicted octanol–water partition coefficient (Wildman–Crippen LogP) is 3.38. The number of benzene rings is 2. The van der Waals surface area contributed by atoms with Gasteiger partial charge in [0.2, 0.25) is 5.91 Å². The molecular weight excluding hydrogens is 320 g/mol. The van der Waals surface area contributed by atoms with Gasteiger partial charge >= 0.3 is 5.97 Å². The molecule has 6 nitrogen and oxygen atoms in total. The molecule has 2 rings (SSSR count). The highest BCUT2D eigenvalue weighted by Gasteiger charge is 2.11. The molecule has 0 atom stereocenters. The molecule has 2 N–H and O–H groups in total. The van der Waals surface area contributed by atoms with Crippen LogP contribution in [0.3, 0.4) is 0 Å². The summed E-state index contributed by atoms with van der Waals surface area (Å²) in [4.78, 5) is 35.2. The molecule has 2 aromatic rings. The second kappa shape index (κ2) is 8.44. The summed E-state index contributed by atoms with van der Waals surface area (Å²) in [5, 5.41) is 5.43. The number of amides is 2. The Labute approximate surface area is 145 Å². The van der Waals surface area contributed by atoms with Crippen LogP contribution in [0, 0.1) is 0 Å². The number of esters is 1. The minimum absolute atomic E-state index is 0.287. The van der Waals surface area contributed by atoms with Gasteiger partial charge in [0, 0.05) is 12.5 Å². The summed E-state index contributed by atoms with van der Waals surface area (Å²) in [6.07, 6.45) is 3.01. The van der Waals surface area contributed by atoms with E-state index in [0.717, 1.165) is 0 Å². The zero-order valence-electron chi connectivity index (χ0n) is 13.9. The van der Waals surface area contributed by atoms with Crippen LogP contribution in [0.5, 0.6) is 5.75 Å². The molecule has 6 heteroatoms. The van der Waals surface area contributed by atoms with Gasteiger partial charge in [0.25, 0.3) is 5.91 Å². The number of carbonyl (C=O) groups excluding carboxylic acids is 3. The molecule has 0 bridgehead atoms. The van der Waals surface area contributed by atoms with E-state index in [4.69, 9.17) is 4.74 Å². The standard InChI is InChI=1S/C19H18N2O4/c1-3-7-18(23)20-16-10-4-5-11-17(16)21-19(24)14-8-6-9-15(12-14)25-13(2)22/h3-12H,1-2H3,(H,20,23)(H,21,24)/b7-3+. The lowest BCUT2D eigenvalue weighted by Crippen LogP contribution is -2.15. The SMILES string of the molecule is C/C=C/C(=O)Nc1ccccc1NC(=O)c1cccc(OC(C)=O)c1. The van der Waals surface area contributed by atoms with Crippen LogP contribution in [-0.4, -0.2) is 17.8 Å². The van der Waals surface area contributed by atoms with Crippen LogP contribution < -0.4 is 15.4 Å². The van der Waals surface area contributed by atoms with Crippen LogP contribution in [0.25, 0.3) is 0 Å². The van der Waals surface area contributed by atoms with Crippen LogP contribution in [0.1, 0.15) is 24.2 Å². The fourth-order valence-corrected chi connectivity index (χ4v) is 2.09. The van der Waals surface area contributed by atoms with Gasteiger partial charge in [0.1, 0.15) is 5.75 Å². The first-order valence-corrected chi connectivity index (χ1v) is 7.62. The second-order valence-electron chi connectivity index (χ2n) is 5.11. The summed E-state index contributed by atoms with van der Waals surface area (Å²) in [5.74, 6) is -0.854. The van der Waals surface area contributed by atoms with Gasteiger partial charge in [-0.3, -0.25) is 14.4 Å². The van der Waals surface area contributed by atoms with Gasteiger partial charge in [0.15, 0.2) is 0 Å². The van der Waals surface area contributed by atoms with Gasteiger partial charge in [-0.25, -0.2) is 0 Å². The van der Waals surface area contributed by atoms with Crippen molar-refractivity contribution >= 4 is 29.2 Å². The van der Waals surface area contributed by atoms with Crippen molar-refractivity contribution in [2.75, 3.05) is 10.6 Å². The van der Waals surface area contributed by atoms with Gasteiger partial charge in [-0.1, -0.05) is 24.3 Å². The third-order valence-electron chi connectivity index (χ3n) is 3.11. The quantitative estimate of drug-likeness (QED) is 0.497. The lowest BCUT2D eigenvalue weighted by Gasteiger charge is -2.12. The van der Waals surface area contributed by atoms with Crippen molar-refractivity contribution in [2.45, 2.75) is 13.8 Å². The molecule has 0 aromatic heterocycles. The summed E-state index contributed by atoms with van der Waals surface area (Å²) >= 11 is 0. The average Bonchev–Trinajstić information content (AvgIpc) is 2.56. The minimum atomic E-state index is -0.463. The summed E-state index contributed by atoms with van der Waals surface area (Å²) in [7, 11) is 0. The van der Waals surface area contributed by atoms with E-state index < -0.39 is 5.97 Å². The van der Waals surface area contributed by atoms with Gasteiger partial charge in [0.05, 0.1) is 11.4 Å². The molecule has 0 aliphatic carbocycles. The van der Waals surface area contributed by atoms with Crippen LogP contribution in [0.4, 0.5) is 11.4 Å². The second-order valence-corrected chi connectivity index (χ2v) is 5.11. The topological polar surface area (TPSA) is 84.5 Å². The Bertz CT molecular complexity index is 828. The van der Waals surface area contributed by atoms with Crippen molar-refractivity contribution in [3.63, 3.8) is 0 Å². The zero-order chi connectivity index (χ0) is 18.2. The molecule has 0 aliphatic rings. The molecule has 0 aliphatic heterocycles. The molecule has 0 saturated carbocycles.